The maximum Gasteiger partial charge on any atom is 0.135 e. The second kappa shape index (κ2) is 7.48. The van der Waals surface area contributed by atoms with E-state index in [4.69, 9.17) is 4.42 Å². The average Bonchev–Trinajstić information content (AvgIpc) is 3.60. The van der Waals surface area contributed by atoms with Crippen LogP contribution in [0.2, 0.25) is 0 Å². The normalized spacial score (nSPS) is 17.1. The van der Waals surface area contributed by atoms with Crippen LogP contribution in [0.3, 0.4) is 0 Å². The van der Waals surface area contributed by atoms with Crippen LogP contribution < -0.4 is 0 Å². The van der Waals surface area contributed by atoms with E-state index in [0.717, 1.165) is 17.8 Å². The summed E-state index contributed by atoms with van der Waals surface area (Å²) in [4.78, 5) is 0. The molecule has 1 heteroatoms. The first kappa shape index (κ1) is 21.3. The molecule has 6 aromatic rings. The Kier molecular flexibility index (Phi) is 4.09. The molecule has 0 amide bonds. The quantitative estimate of drug-likeness (QED) is 0.220. The summed E-state index contributed by atoms with van der Waals surface area (Å²) in [5.41, 5.74) is 15.4. The fourth-order valence-electron chi connectivity index (χ4n) is 7.61. The number of fused-ring (bicyclic) bond motifs is 13. The van der Waals surface area contributed by atoms with Gasteiger partial charge in [-0.1, -0.05) is 104 Å². The average molecular weight is 499 g/mol. The molecular weight excluding hydrogens is 472 g/mol. The van der Waals surface area contributed by atoms with Gasteiger partial charge >= 0.3 is 0 Å². The summed E-state index contributed by atoms with van der Waals surface area (Å²) in [6, 6.07) is 40.8. The number of hydrogen-bond donors (Lipinski definition) is 0. The van der Waals surface area contributed by atoms with Gasteiger partial charge in [-0.25, -0.2) is 0 Å². The van der Waals surface area contributed by atoms with Gasteiger partial charge in [0, 0.05) is 10.9 Å². The van der Waals surface area contributed by atoms with E-state index in [1.165, 1.54) is 66.6 Å². The minimum absolute atomic E-state index is 0.284. The third-order valence-electron chi connectivity index (χ3n) is 9.25. The number of allylic oxidation sites excluding steroid dienone is 1. The molecule has 39 heavy (non-hydrogen) atoms. The third-order valence-corrected chi connectivity index (χ3v) is 9.25. The monoisotopic (exact) mass is 498 g/mol. The molecule has 5 aromatic carbocycles. The molecule has 1 atom stereocenters. The standard InChI is InChI=1S/C38H26O/c1-23-14-18-36-30(20-23)31-22-25(16-19-37(31)39-36)24-15-17-35-29(21-24)28-10-4-7-13-34(28)38(35)32-11-5-2-8-26(32)27-9-3-6-12-33(27)38/h2-19,21-23H,20H2,1H3. The molecule has 184 valence electrons. The fourth-order valence-corrected chi connectivity index (χ4v) is 7.61. The van der Waals surface area contributed by atoms with Gasteiger partial charge in [-0.2, -0.15) is 0 Å². The highest BCUT2D eigenvalue weighted by Crippen LogP contribution is 2.62. The summed E-state index contributed by atoms with van der Waals surface area (Å²) in [6.45, 7) is 2.27. The Morgan fingerprint density at radius 3 is 1.87 bits per heavy atom. The second-order valence-electron chi connectivity index (χ2n) is 11.3. The third kappa shape index (κ3) is 2.65. The van der Waals surface area contributed by atoms with Gasteiger partial charge in [0.2, 0.25) is 0 Å². The first-order chi connectivity index (χ1) is 19.2. The zero-order valence-corrected chi connectivity index (χ0v) is 21.7. The van der Waals surface area contributed by atoms with E-state index in [1.54, 1.807) is 0 Å². The Morgan fingerprint density at radius 2 is 1.18 bits per heavy atom. The van der Waals surface area contributed by atoms with Crippen LogP contribution in [0.25, 0.3) is 50.4 Å². The van der Waals surface area contributed by atoms with E-state index in [0.29, 0.717) is 5.92 Å². The van der Waals surface area contributed by atoms with E-state index in [-0.39, 0.29) is 5.41 Å². The molecule has 1 unspecified atom stereocenters. The SMILES string of the molecule is CC1C=Cc2oc3ccc(-c4ccc5c(c4)-c4ccccc4C54c5ccccc5-c5ccccc54)cc3c2C1. The number of rotatable bonds is 1. The van der Waals surface area contributed by atoms with Gasteiger partial charge in [-0.15, -0.1) is 0 Å². The lowest BCUT2D eigenvalue weighted by Gasteiger charge is -2.30. The Labute approximate surface area is 228 Å². The maximum atomic E-state index is 6.19. The number of benzene rings is 5. The van der Waals surface area contributed by atoms with E-state index in [2.05, 4.69) is 128 Å². The molecule has 3 aliphatic rings. The molecule has 1 aromatic heterocycles. The molecule has 0 saturated heterocycles. The summed E-state index contributed by atoms with van der Waals surface area (Å²) in [7, 11) is 0. The van der Waals surface area contributed by atoms with Crippen molar-refractivity contribution in [2.45, 2.75) is 18.8 Å². The van der Waals surface area contributed by atoms with Crippen LogP contribution in [0.1, 0.15) is 40.5 Å². The number of furan rings is 1. The van der Waals surface area contributed by atoms with Crippen molar-refractivity contribution in [3.8, 4) is 33.4 Å². The van der Waals surface area contributed by atoms with Gasteiger partial charge in [0.15, 0.2) is 0 Å². The van der Waals surface area contributed by atoms with Crippen LogP contribution in [-0.2, 0) is 11.8 Å². The molecule has 0 bridgehead atoms. The highest BCUT2D eigenvalue weighted by molar-refractivity contribution is 5.96. The fraction of sp³-hybridized carbons (Fsp3) is 0.105. The highest BCUT2D eigenvalue weighted by atomic mass is 16.3. The van der Waals surface area contributed by atoms with E-state index in [9.17, 15) is 0 Å². The number of hydrogen-bond acceptors (Lipinski definition) is 1. The van der Waals surface area contributed by atoms with Gasteiger partial charge in [0.05, 0.1) is 5.41 Å². The van der Waals surface area contributed by atoms with Gasteiger partial charge in [0.25, 0.3) is 0 Å². The van der Waals surface area contributed by atoms with Crippen molar-refractivity contribution in [3.05, 3.63) is 149 Å². The molecule has 0 fully saturated rings. The topological polar surface area (TPSA) is 13.1 Å². The second-order valence-corrected chi connectivity index (χ2v) is 11.3. The molecule has 0 aliphatic heterocycles. The van der Waals surface area contributed by atoms with Gasteiger partial charge in [0.1, 0.15) is 11.3 Å². The smallest absolute Gasteiger partial charge is 0.135 e. The van der Waals surface area contributed by atoms with Crippen molar-refractivity contribution in [1.82, 2.24) is 0 Å². The first-order valence-corrected chi connectivity index (χ1v) is 13.9. The minimum atomic E-state index is -0.284. The van der Waals surface area contributed by atoms with Crippen molar-refractivity contribution in [1.29, 1.82) is 0 Å². The van der Waals surface area contributed by atoms with Gasteiger partial charge in [-0.05, 0) is 92.2 Å². The predicted octanol–water partition coefficient (Wildman–Crippen LogP) is 9.65. The maximum absolute atomic E-state index is 6.19. The molecular formula is C38H26O. The van der Waals surface area contributed by atoms with Crippen molar-refractivity contribution < 1.29 is 4.42 Å². The van der Waals surface area contributed by atoms with Crippen LogP contribution in [0, 0.1) is 5.92 Å². The minimum Gasteiger partial charge on any atom is -0.456 e. The lowest BCUT2D eigenvalue weighted by Crippen LogP contribution is -2.25. The molecule has 1 spiro atoms. The molecule has 0 N–H and O–H groups in total. The Bertz CT molecular complexity index is 1970. The van der Waals surface area contributed by atoms with Crippen LogP contribution in [0.4, 0.5) is 0 Å². The molecule has 0 saturated carbocycles. The molecule has 9 rings (SSSR count). The zero-order chi connectivity index (χ0) is 25.7. The zero-order valence-electron chi connectivity index (χ0n) is 21.7. The van der Waals surface area contributed by atoms with Gasteiger partial charge < -0.3 is 4.42 Å². The van der Waals surface area contributed by atoms with Crippen LogP contribution >= 0.6 is 0 Å². The largest absolute Gasteiger partial charge is 0.456 e. The summed E-state index contributed by atoms with van der Waals surface area (Å²) in [5.74, 6) is 1.55. The van der Waals surface area contributed by atoms with Crippen LogP contribution in [0.5, 0.6) is 0 Å². The highest BCUT2D eigenvalue weighted by Gasteiger charge is 2.51. The molecule has 1 heterocycles. The van der Waals surface area contributed by atoms with Crippen LogP contribution in [-0.4, -0.2) is 0 Å². The lowest BCUT2D eigenvalue weighted by molar-refractivity contribution is 0.584. The molecule has 3 aliphatic carbocycles. The summed E-state index contributed by atoms with van der Waals surface area (Å²) >= 11 is 0. The summed E-state index contributed by atoms with van der Waals surface area (Å²) in [5, 5.41) is 1.25. The molecule has 1 nitrogen and oxygen atoms in total. The Balaban J connectivity index is 1.29. The van der Waals surface area contributed by atoms with E-state index >= 15 is 0 Å². The van der Waals surface area contributed by atoms with Crippen molar-refractivity contribution in [3.63, 3.8) is 0 Å². The van der Waals surface area contributed by atoms with Crippen molar-refractivity contribution in [2.24, 2.45) is 5.92 Å². The van der Waals surface area contributed by atoms with E-state index < -0.39 is 0 Å². The first-order valence-electron chi connectivity index (χ1n) is 13.9. The van der Waals surface area contributed by atoms with Gasteiger partial charge in [-0.3, -0.25) is 0 Å². The Hall–Kier alpha value is -4.62. The molecule has 0 radical (unpaired) electrons. The predicted molar refractivity (Wildman–Crippen MR) is 160 cm³/mol. The van der Waals surface area contributed by atoms with Crippen molar-refractivity contribution in [2.75, 3.05) is 0 Å². The lowest BCUT2D eigenvalue weighted by atomic mass is 9.70. The summed E-state index contributed by atoms with van der Waals surface area (Å²) < 4.78 is 6.19. The van der Waals surface area contributed by atoms with E-state index in [1.807, 2.05) is 0 Å². The van der Waals surface area contributed by atoms with Crippen LogP contribution in [0.15, 0.2) is 120 Å². The summed E-state index contributed by atoms with van der Waals surface area (Å²) in [6.07, 6.45) is 5.42. The van der Waals surface area contributed by atoms with Crippen molar-refractivity contribution >= 4 is 17.0 Å². The Morgan fingerprint density at radius 1 is 0.615 bits per heavy atom.